The third kappa shape index (κ3) is 6.38. The molecule has 172 valence electrons. The Balaban J connectivity index is 1.66. The molecule has 3 rings (SSSR count). The number of amides is 1. The molecule has 3 aromatic carbocycles. The number of nitrogens with zero attached hydrogens (tertiary/aromatic N) is 1. The Morgan fingerprint density at radius 3 is 2.58 bits per heavy atom. The first-order chi connectivity index (χ1) is 16.0. The lowest BCUT2D eigenvalue weighted by Gasteiger charge is -2.17. The molecule has 1 atom stereocenters. The molecule has 3 aromatic rings. The molecule has 0 heterocycles. The van der Waals surface area contributed by atoms with Gasteiger partial charge in [0.15, 0.2) is 17.3 Å². The Kier molecular flexibility index (Phi) is 8.51. The number of nitrogens with one attached hydrogen (secondary N) is 2. The number of hydrogen-bond acceptors (Lipinski definition) is 6. The number of likely N-dealkylation sites (N-methyl/N-ethyl adjacent to an activating group) is 1. The van der Waals surface area contributed by atoms with Gasteiger partial charge in [-0.15, -0.1) is 0 Å². The Morgan fingerprint density at radius 1 is 1.06 bits per heavy atom. The summed E-state index contributed by atoms with van der Waals surface area (Å²) in [6.45, 7) is 2.11. The smallest absolute Gasteiger partial charge is 0.273 e. The standard InChI is InChI=1S/C25H26FN3O4/c1-17(18-10-8-11-20(15-18)33-23-14-7-6-13-22(23)26)28-32-16-19-9-4-5-12-21(19)24(29-31-3)25(30)27-2/h4-15,17,28H,16H2,1-3H3,(H,27,30)/b29-24+. The zero-order valence-electron chi connectivity index (χ0n) is 18.7. The molecule has 0 spiro atoms. The predicted molar refractivity (Wildman–Crippen MR) is 123 cm³/mol. The number of benzene rings is 3. The second kappa shape index (κ2) is 11.8. The Labute approximate surface area is 192 Å². The van der Waals surface area contributed by atoms with Crippen LogP contribution in [0.25, 0.3) is 0 Å². The summed E-state index contributed by atoms with van der Waals surface area (Å²) >= 11 is 0. The summed E-state index contributed by atoms with van der Waals surface area (Å²) in [5.74, 6) is -0.114. The first kappa shape index (κ1) is 23.9. The topological polar surface area (TPSA) is 81.2 Å². The van der Waals surface area contributed by atoms with Crippen LogP contribution in [-0.2, 0) is 21.1 Å². The number of hydroxylamine groups is 1. The van der Waals surface area contributed by atoms with E-state index in [0.29, 0.717) is 11.3 Å². The van der Waals surface area contributed by atoms with E-state index in [0.717, 1.165) is 11.1 Å². The molecule has 0 aliphatic carbocycles. The van der Waals surface area contributed by atoms with Gasteiger partial charge in [0.1, 0.15) is 12.9 Å². The minimum absolute atomic E-state index is 0.158. The van der Waals surface area contributed by atoms with Gasteiger partial charge in [0.25, 0.3) is 5.91 Å². The van der Waals surface area contributed by atoms with Crippen molar-refractivity contribution < 1.29 is 23.6 Å². The highest BCUT2D eigenvalue weighted by Crippen LogP contribution is 2.26. The Morgan fingerprint density at radius 2 is 1.82 bits per heavy atom. The van der Waals surface area contributed by atoms with Gasteiger partial charge in [-0.2, -0.15) is 5.48 Å². The van der Waals surface area contributed by atoms with Crippen molar-refractivity contribution in [3.05, 3.63) is 95.3 Å². The molecular formula is C25H26FN3O4. The van der Waals surface area contributed by atoms with Gasteiger partial charge in [0.2, 0.25) is 0 Å². The quantitative estimate of drug-likeness (QED) is 0.351. The van der Waals surface area contributed by atoms with E-state index in [1.54, 1.807) is 30.3 Å². The van der Waals surface area contributed by atoms with Crippen molar-refractivity contribution in [3.63, 3.8) is 0 Å². The van der Waals surface area contributed by atoms with Crippen molar-refractivity contribution in [1.29, 1.82) is 0 Å². The van der Waals surface area contributed by atoms with E-state index >= 15 is 0 Å². The zero-order chi connectivity index (χ0) is 23.6. The fourth-order valence-electron chi connectivity index (χ4n) is 3.11. The molecule has 0 aromatic heterocycles. The van der Waals surface area contributed by atoms with Crippen LogP contribution in [0.3, 0.4) is 0 Å². The largest absolute Gasteiger partial charge is 0.454 e. The number of carbonyl (C=O) groups excluding carboxylic acids is 1. The van der Waals surface area contributed by atoms with E-state index in [9.17, 15) is 9.18 Å². The zero-order valence-corrected chi connectivity index (χ0v) is 18.7. The number of hydrogen-bond donors (Lipinski definition) is 2. The monoisotopic (exact) mass is 451 g/mol. The highest BCUT2D eigenvalue weighted by atomic mass is 19.1. The number of ether oxygens (including phenoxy) is 1. The second-order valence-corrected chi connectivity index (χ2v) is 7.09. The molecule has 0 aliphatic heterocycles. The Bertz CT molecular complexity index is 1120. The molecule has 8 heteroatoms. The van der Waals surface area contributed by atoms with E-state index in [1.165, 1.54) is 20.2 Å². The van der Waals surface area contributed by atoms with Crippen LogP contribution in [0.15, 0.2) is 78.0 Å². The maximum absolute atomic E-state index is 13.9. The molecule has 0 fully saturated rings. The fraction of sp³-hybridized carbons (Fsp3) is 0.200. The van der Waals surface area contributed by atoms with Crippen molar-refractivity contribution in [2.45, 2.75) is 19.6 Å². The fourth-order valence-corrected chi connectivity index (χ4v) is 3.11. The number of rotatable bonds is 10. The van der Waals surface area contributed by atoms with E-state index in [-0.39, 0.29) is 30.0 Å². The lowest BCUT2D eigenvalue weighted by Crippen LogP contribution is -2.29. The molecule has 1 amide bonds. The second-order valence-electron chi connectivity index (χ2n) is 7.09. The number of carbonyl (C=O) groups is 1. The molecule has 2 N–H and O–H groups in total. The molecule has 0 saturated heterocycles. The summed E-state index contributed by atoms with van der Waals surface area (Å²) in [6.07, 6.45) is 0. The highest BCUT2D eigenvalue weighted by molar-refractivity contribution is 6.45. The van der Waals surface area contributed by atoms with Crippen LogP contribution in [0, 0.1) is 5.82 Å². The SMILES string of the molecule is CNC(=O)/C(=N/OC)c1ccccc1CONC(C)c1cccc(Oc2ccccc2F)c1. The van der Waals surface area contributed by atoms with Crippen LogP contribution >= 0.6 is 0 Å². The third-order valence-electron chi connectivity index (χ3n) is 4.81. The average molecular weight is 451 g/mol. The first-order valence-corrected chi connectivity index (χ1v) is 10.3. The van der Waals surface area contributed by atoms with Crippen molar-refractivity contribution in [2.24, 2.45) is 5.16 Å². The summed E-state index contributed by atoms with van der Waals surface area (Å²) < 4.78 is 19.5. The van der Waals surface area contributed by atoms with Crippen LogP contribution in [0.1, 0.15) is 29.7 Å². The van der Waals surface area contributed by atoms with Crippen molar-refractivity contribution in [2.75, 3.05) is 14.2 Å². The van der Waals surface area contributed by atoms with Gasteiger partial charge in [-0.05, 0) is 42.3 Å². The normalized spacial score (nSPS) is 12.2. The number of halogens is 1. The molecule has 1 unspecified atom stereocenters. The molecule has 0 saturated carbocycles. The molecule has 7 nitrogen and oxygen atoms in total. The maximum atomic E-state index is 13.9. The average Bonchev–Trinajstić information content (AvgIpc) is 2.84. The third-order valence-corrected chi connectivity index (χ3v) is 4.81. The van der Waals surface area contributed by atoms with Crippen molar-refractivity contribution in [3.8, 4) is 11.5 Å². The summed E-state index contributed by atoms with van der Waals surface area (Å²) in [5.41, 5.74) is 5.40. The summed E-state index contributed by atoms with van der Waals surface area (Å²) in [7, 11) is 2.91. The summed E-state index contributed by atoms with van der Waals surface area (Å²) in [4.78, 5) is 22.7. The first-order valence-electron chi connectivity index (χ1n) is 10.3. The predicted octanol–water partition coefficient (Wildman–Crippen LogP) is 4.50. The maximum Gasteiger partial charge on any atom is 0.273 e. The van der Waals surface area contributed by atoms with Gasteiger partial charge in [0, 0.05) is 12.6 Å². The van der Waals surface area contributed by atoms with Gasteiger partial charge >= 0.3 is 0 Å². The van der Waals surface area contributed by atoms with Crippen LogP contribution < -0.4 is 15.5 Å². The van der Waals surface area contributed by atoms with Gasteiger partial charge in [-0.1, -0.05) is 53.7 Å². The molecular weight excluding hydrogens is 425 g/mol. The molecule has 0 radical (unpaired) electrons. The van der Waals surface area contributed by atoms with Gasteiger partial charge in [-0.25, -0.2) is 4.39 Å². The van der Waals surface area contributed by atoms with E-state index in [4.69, 9.17) is 14.4 Å². The van der Waals surface area contributed by atoms with E-state index in [2.05, 4.69) is 16.0 Å². The lowest BCUT2D eigenvalue weighted by atomic mass is 10.0. The van der Waals surface area contributed by atoms with Crippen molar-refractivity contribution >= 4 is 11.6 Å². The molecule has 33 heavy (non-hydrogen) atoms. The lowest BCUT2D eigenvalue weighted by molar-refractivity contribution is -0.114. The molecule has 0 bridgehead atoms. The minimum Gasteiger partial charge on any atom is -0.454 e. The number of oxime groups is 1. The highest BCUT2D eigenvalue weighted by Gasteiger charge is 2.17. The van der Waals surface area contributed by atoms with Crippen molar-refractivity contribution in [1.82, 2.24) is 10.8 Å². The van der Waals surface area contributed by atoms with Gasteiger partial charge in [0.05, 0.1) is 12.6 Å². The number of para-hydroxylation sites is 1. The molecule has 0 aliphatic rings. The minimum atomic E-state index is -0.427. The van der Waals surface area contributed by atoms with Gasteiger partial charge in [-0.3, -0.25) is 9.63 Å². The van der Waals surface area contributed by atoms with Crippen LogP contribution in [0.2, 0.25) is 0 Å². The Hall–Kier alpha value is -3.75. The van der Waals surface area contributed by atoms with Crippen LogP contribution in [0.5, 0.6) is 11.5 Å². The van der Waals surface area contributed by atoms with E-state index in [1.807, 2.05) is 43.3 Å². The summed E-state index contributed by atoms with van der Waals surface area (Å²) in [5, 5.41) is 6.41. The van der Waals surface area contributed by atoms with E-state index < -0.39 is 5.82 Å². The van der Waals surface area contributed by atoms with Crippen LogP contribution in [-0.4, -0.2) is 25.8 Å². The van der Waals surface area contributed by atoms with Gasteiger partial charge < -0.3 is 14.9 Å². The van der Waals surface area contributed by atoms with Crippen LogP contribution in [0.4, 0.5) is 4.39 Å². The summed E-state index contributed by atoms with van der Waals surface area (Å²) in [6, 6.07) is 20.7.